The first-order valence-electron chi connectivity index (χ1n) is 6.56. The van der Waals surface area contributed by atoms with Gasteiger partial charge in [0.2, 0.25) is 5.75 Å². The van der Waals surface area contributed by atoms with Crippen molar-refractivity contribution in [3.63, 3.8) is 0 Å². The molecular weight excluding hydrogens is 292 g/mol. The third-order valence-corrected chi connectivity index (χ3v) is 3.71. The van der Waals surface area contributed by atoms with Gasteiger partial charge in [0.15, 0.2) is 28.7 Å². The van der Waals surface area contributed by atoms with Crippen LogP contribution in [-0.4, -0.2) is 30.6 Å². The van der Waals surface area contributed by atoms with E-state index in [1.54, 1.807) is 0 Å². The SMILES string of the molecule is Oc1cc(C2CCc3c(cc(O)c(O)c3O)O2)cc(O)c1O. The second-order valence-electron chi connectivity index (χ2n) is 5.12. The number of phenolic OH excluding ortho intramolecular Hbond substituents is 6. The van der Waals surface area contributed by atoms with Crippen molar-refractivity contribution in [2.24, 2.45) is 0 Å². The fourth-order valence-electron chi connectivity index (χ4n) is 2.54. The van der Waals surface area contributed by atoms with Crippen molar-refractivity contribution in [3.8, 4) is 40.2 Å². The standard InChI is InChI=1S/C15H14O7/c16-8-3-6(4-9(17)14(8)20)11-2-1-7-12(22-11)5-10(18)15(21)13(7)19/h3-5,11,16-21H,1-2H2. The van der Waals surface area contributed by atoms with Crippen molar-refractivity contribution >= 4 is 0 Å². The number of phenols is 6. The highest BCUT2D eigenvalue weighted by Gasteiger charge is 2.28. The highest BCUT2D eigenvalue weighted by atomic mass is 16.5. The van der Waals surface area contributed by atoms with Crippen LogP contribution in [0.2, 0.25) is 0 Å². The topological polar surface area (TPSA) is 131 Å². The third-order valence-electron chi connectivity index (χ3n) is 3.71. The monoisotopic (exact) mass is 306 g/mol. The summed E-state index contributed by atoms with van der Waals surface area (Å²) in [7, 11) is 0. The number of benzene rings is 2. The maximum Gasteiger partial charge on any atom is 0.200 e. The molecule has 7 heteroatoms. The summed E-state index contributed by atoms with van der Waals surface area (Å²) in [5.41, 5.74) is 0.810. The molecule has 7 nitrogen and oxygen atoms in total. The van der Waals surface area contributed by atoms with Crippen LogP contribution in [0, 0.1) is 0 Å². The Morgan fingerprint density at radius 3 is 2.00 bits per heavy atom. The maximum absolute atomic E-state index is 9.80. The lowest BCUT2D eigenvalue weighted by atomic mass is 9.96. The quantitative estimate of drug-likeness (QED) is 0.444. The minimum Gasteiger partial charge on any atom is -0.504 e. The highest BCUT2D eigenvalue weighted by molar-refractivity contribution is 5.60. The van der Waals surface area contributed by atoms with E-state index in [0.29, 0.717) is 24.0 Å². The zero-order valence-corrected chi connectivity index (χ0v) is 11.3. The van der Waals surface area contributed by atoms with Gasteiger partial charge in [0.1, 0.15) is 11.9 Å². The van der Waals surface area contributed by atoms with Gasteiger partial charge in [-0.15, -0.1) is 0 Å². The second-order valence-corrected chi connectivity index (χ2v) is 5.12. The van der Waals surface area contributed by atoms with Crippen LogP contribution in [0.1, 0.15) is 23.7 Å². The molecule has 6 N–H and O–H groups in total. The van der Waals surface area contributed by atoms with Crippen molar-refractivity contribution in [3.05, 3.63) is 29.3 Å². The first-order chi connectivity index (χ1) is 10.4. The average Bonchev–Trinajstić information content (AvgIpc) is 2.49. The molecule has 0 fully saturated rings. The minimum absolute atomic E-state index is 0.205. The second kappa shape index (κ2) is 4.80. The molecule has 0 bridgehead atoms. The van der Waals surface area contributed by atoms with Gasteiger partial charge in [0.05, 0.1) is 0 Å². The average molecular weight is 306 g/mol. The predicted molar refractivity (Wildman–Crippen MR) is 74.6 cm³/mol. The van der Waals surface area contributed by atoms with Crippen LogP contribution in [0.15, 0.2) is 18.2 Å². The van der Waals surface area contributed by atoms with E-state index in [-0.39, 0.29) is 5.75 Å². The Hall–Kier alpha value is -2.96. The van der Waals surface area contributed by atoms with Gasteiger partial charge in [0, 0.05) is 11.6 Å². The highest BCUT2D eigenvalue weighted by Crippen LogP contribution is 2.48. The molecule has 3 rings (SSSR count). The zero-order chi connectivity index (χ0) is 16.0. The normalized spacial score (nSPS) is 16.8. The molecule has 0 amide bonds. The summed E-state index contributed by atoms with van der Waals surface area (Å²) in [5, 5.41) is 57.3. The number of aromatic hydroxyl groups is 6. The molecule has 1 unspecified atom stereocenters. The van der Waals surface area contributed by atoms with Crippen molar-refractivity contribution < 1.29 is 35.4 Å². The lowest BCUT2D eigenvalue weighted by molar-refractivity contribution is 0.172. The molecule has 0 spiro atoms. The van der Waals surface area contributed by atoms with Crippen LogP contribution >= 0.6 is 0 Å². The first kappa shape index (κ1) is 14.0. The Balaban J connectivity index is 1.98. The summed E-state index contributed by atoms with van der Waals surface area (Å²) in [5.74, 6) is -2.88. The van der Waals surface area contributed by atoms with E-state index >= 15 is 0 Å². The van der Waals surface area contributed by atoms with E-state index in [2.05, 4.69) is 0 Å². The molecule has 0 aromatic heterocycles. The molecule has 2 aromatic rings. The fraction of sp³-hybridized carbons (Fsp3) is 0.200. The third kappa shape index (κ3) is 2.07. The Labute approximate surface area is 124 Å². The van der Waals surface area contributed by atoms with E-state index < -0.39 is 40.6 Å². The van der Waals surface area contributed by atoms with Crippen molar-refractivity contribution in [2.75, 3.05) is 0 Å². The molecular formula is C15H14O7. The van der Waals surface area contributed by atoms with Crippen LogP contribution in [-0.2, 0) is 6.42 Å². The summed E-state index contributed by atoms with van der Waals surface area (Å²) in [4.78, 5) is 0. The van der Waals surface area contributed by atoms with E-state index in [1.807, 2.05) is 0 Å². The molecule has 0 aliphatic carbocycles. The largest absolute Gasteiger partial charge is 0.504 e. The molecule has 0 saturated heterocycles. The van der Waals surface area contributed by atoms with Crippen molar-refractivity contribution in [1.82, 2.24) is 0 Å². The fourth-order valence-corrected chi connectivity index (χ4v) is 2.54. The van der Waals surface area contributed by atoms with Crippen LogP contribution in [0.25, 0.3) is 0 Å². The zero-order valence-electron chi connectivity index (χ0n) is 11.3. The van der Waals surface area contributed by atoms with E-state index in [9.17, 15) is 30.6 Å². The number of rotatable bonds is 1. The summed E-state index contributed by atoms with van der Waals surface area (Å²) in [6.07, 6.45) is 0.226. The molecule has 1 heterocycles. The lowest BCUT2D eigenvalue weighted by Crippen LogP contribution is -2.15. The molecule has 116 valence electrons. The van der Waals surface area contributed by atoms with Crippen LogP contribution in [0.5, 0.6) is 40.2 Å². The molecule has 1 aliphatic heterocycles. The summed E-state index contributed by atoms with van der Waals surface area (Å²) in [6.45, 7) is 0. The molecule has 22 heavy (non-hydrogen) atoms. The molecule has 0 saturated carbocycles. The van der Waals surface area contributed by atoms with Gasteiger partial charge in [0.25, 0.3) is 0 Å². The van der Waals surface area contributed by atoms with Gasteiger partial charge in [-0.1, -0.05) is 0 Å². The minimum atomic E-state index is -0.611. The summed E-state index contributed by atoms with van der Waals surface area (Å²) >= 11 is 0. The van der Waals surface area contributed by atoms with E-state index in [4.69, 9.17) is 4.74 Å². The van der Waals surface area contributed by atoms with Gasteiger partial charge >= 0.3 is 0 Å². The molecule has 1 aliphatic rings. The van der Waals surface area contributed by atoms with Gasteiger partial charge in [-0.2, -0.15) is 0 Å². The molecule has 0 radical (unpaired) electrons. The number of hydrogen-bond acceptors (Lipinski definition) is 7. The predicted octanol–water partition coefficient (Wildman–Crippen LogP) is 1.99. The van der Waals surface area contributed by atoms with Crippen molar-refractivity contribution in [2.45, 2.75) is 18.9 Å². The molecule has 1 atom stereocenters. The Kier molecular flexibility index (Phi) is 3.05. The number of fused-ring (bicyclic) bond motifs is 1. The summed E-state index contributed by atoms with van der Waals surface area (Å²) < 4.78 is 5.65. The van der Waals surface area contributed by atoms with Crippen LogP contribution in [0.3, 0.4) is 0 Å². The van der Waals surface area contributed by atoms with E-state index in [1.165, 1.54) is 18.2 Å². The number of hydrogen-bond donors (Lipinski definition) is 6. The van der Waals surface area contributed by atoms with Gasteiger partial charge < -0.3 is 35.4 Å². The summed E-state index contributed by atoms with van der Waals surface area (Å²) in [6, 6.07) is 3.73. The lowest BCUT2D eigenvalue weighted by Gasteiger charge is -2.27. The van der Waals surface area contributed by atoms with Gasteiger partial charge in [-0.3, -0.25) is 0 Å². The van der Waals surface area contributed by atoms with Gasteiger partial charge in [-0.25, -0.2) is 0 Å². The smallest absolute Gasteiger partial charge is 0.200 e. The maximum atomic E-state index is 9.80. The first-order valence-corrected chi connectivity index (χ1v) is 6.56. The number of ether oxygens (including phenoxy) is 1. The molecule has 2 aromatic carbocycles. The van der Waals surface area contributed by atoms with Crippen molar-refractivity contribution in [1.29, 1.82) is 0 Å². The van der Waals surface area contributed by atoms with E-state index in [0.717, 1.165) is 0 Å². The van der Waals surface area contributed by atoms with Crippen LogP contribution < -0.4 is 4.74 Å². The van der Waals surface area contributed by atoms with Crippen LogP contribution in [0.4, 0.5) is 0 Å². The Morgan fingerprint density at radius 1 is 0.773 bits per heavy atom. The van der Waals surface area contributed by atoms with Gasteiger partial charge in [-0.05, 0) is 30.5 Å². The Morgan fingerprint density at radius 2 is 1.36 bits per heavy atom. The Bertz CT molecular complexity index is 731.